The molecule has 1 fully saturated rings. The maximum atomic E-state index is 10.5. The third kappa shape index (κ3) is 1.67. The monoisotopic (exact) mass is 202 g/mol. The van der Waals surface area contributed by atoms with E-state index in [1.54, 1.807) is 6.20 Å². The molecule has 2 atom stereocenters. The molecule has 0 bridgehead atoms. The summed E-state index contributed by atoms with van der Waals surface area (Å²) in [5, 5.41) is 8.68. The Labute approximate surface area is 82.0 Å². The van der Waals surface area contributed by atoms with Gasteiger partial charge in [-0.2, -0.15) is 0 Å². The fourth-order valence-electron chi connectivity index (χ4n) is 1.49. The lowest BCUT2D eigenvalue weighted by Gasteiger charge is -1.97. The first-order valence-corrected chi connectivity index (χ1v) is 3.90. The Hall–Kier alpha value is -1.03. The van der Waals surface area contributed by atoms with Crippen molar-refractivity contribution in [2.75, 3.05) is 0 Å². The van der Waals surface area contributed by atoms with E-state index in [2.05, 4.69) is 4.98 Å². The average molecular weight is 203 g/mol. The molecule has 1 saturated carbocycles. The topological polar surface area (TPSA) is 55.1 Å². The van der Waals surface area contributed by atoms with Crippen molar-refractivity contribution >= 4 is 18.4 Å². The Balaban J connectivity index is 0.000000845. The maximum Gasteiger partial charge on any atom is 0.307 e. The molecule has 13 heavy (non-hydrogen) atoms. The second kappa shape index (κ2) is 3.38. The van der Waals surface area contributed by atoms with E-state index >= 15 is 0 Å². The molecule has 0 saturated heterocycles. The maximum absolute atomic E-state index is 10.5. The smallest absolute Gasteiger partial charge is 0.307 e. The van der Waals surface area contributed by atoms with E-state index in [0.717, 1.165) is 12.2 Å². The number of imidazole rings is 1. The number of aliphatic carboxylic acids is 1. The van der Waals surface area contributed by atoms with Gasteiger partial charge < -0.3 is 9.67 Å². The lowest BCUT2D eigenvalue weighted by Crippen LogP contribution is -2.02. The lowest BCUT2D eigenvalue weighted by atomic mass is 10.3. The minimum Gasteiger partial charge on any atom is -0.481 e. The number of aromatic nitrogens is 2. The summed E-state index contributed by atoms with van der Waals surface area (Å²) in [6.07, 6.45) is 4.28. The SMILES string of the molecule is Cl.Cn1ccnc1[C@@H]1C[C@H]1C(=O)O. The molecular weight excluding hydrogens is 192 g/mol. The van der Waals surface area contributed by atoms with Crippen molar-refractivity contribution in [1.29, 1.82) is 0 Å². The van der Waals surface area contributed by atoms with Crippen LogP contribution in [0.2, 0.25) is 0 Å². The zero-order valence-electron chi connectivity index (χ0n) is 7.17. The van der Waals surface area contributed by atoms with Gasteiger partial charge in [-0.25, -0.2) is 4.98 Å². The van der Waals surface area contributed by atoms with E-state index in [-0.39, 0.29) is 24.2 Å². The molecule has 1 heterocycles. The Morgan fingerprint density at radius 1 is 1.77 bits per heavy atom. The summed E-state index contributed by atoms with van der Waals surface area (Å²) in [7, 11) is 1.89. The molecule has 1 aliphatic carbocycles. The zero-order valence-corrected chi connectivity index (χ0v) is 7.99. The van der Waals surface area contributed by atoms with Crippen LogP contribution in [0, 0.1) is 5.92 Å². The summed E-state index contributed by atoms with van der Waals surface area (Å²) in [4.78, 5) is 14.7. The van der Waals surface area contributed by atoms with Crippen LogP contribution in [-0.2, 0) is 11.8 Å². The predicted octanol–water partition coefficient (Wildman–Crippen LogP) is 1.03. The van der Waals surface area contributed by atoms with E-state index in [0.29, 0.717) is 0 Å². The van der Waals surface area contributed by atoms with Gasteiger partial charge in [0.1, 0.15) is 5.82 Å². The van der Waals surface area contributed by atoms with Crippen LogP contribution in [0.3, 0.4) is 0 Å². The molecule has 1 aromatic rings. The lowest BCUT2D eigenvalue weighted by molar-refractivity contribution is -0.138. The summed E-state index contributed by atoms with van der Waals surface area (Å²) in [5.74, 6) is 0.124. The summed E-state index contributed by atoms with van der Waals surface area (Å²) >= 11 is 0. The normalized spacial score (nSPS) is 25.0. The molecule has 1 aliphatic rings. The molecule has 0 amide bonds. The van der Waals surface area contributed by atoms with Crippen LogP contribution in [0.4, 0.5) is 0 Å². The molecule has 2 rings (SSSR count). The standard InChI is InChI=1S/C8H10N2O2.ClH/c1-10-3-2-9-7(10)5-4-6(5)8(11)12;/h2-3,5-6H,4H2,1H3,(H,11,12);1H/t5-,6-;/m1./s1. The number of rotatable bonds is 2. The molecule has 0 aliphatic heterocycles. The second-order valence-electron chi connectivity index (χ2n) is 3.18. The minimum absolute atomic E-state index is 0. The van der Waals surface area contributed by atoms with Crippen molar-refractivity contribution in [2.24, 2.45) is 13.0 Å². The van der Waals surface area contributed by atoms with E-state index in [9.17, 15) is 4.79 Å². The molecule has 1 N–H and O–H groups in total. The van der Waals surface area contributed by atoms with Crippen LogP contribution >= 0.6 is 12.4 Å². The van der Waals surface area contributed by atoms with Gasteiger partial charge in [0.05, 0.1) is 5.92 Å². The molecule has 0 aromatic carbocycles. The fourth-order valence-corrected chi connectivity index (χ4v) is 1.49. The van der Waals surface area contributed by atoms with E-state index in [1.807, 2.05) is 17.8 Å². The van der Waals surface area contributed by atoms with Gasteiger partial charge in [-0.15, -0.1) is 12.4 Å². The first-order chi connectivity index (χ1) is 5.70. The molecular formula is C8H11ClN2O2. The zero-order chi connectivity index (χ0) is 8.72. The number of carboxylic acids is 1. The first-order valence-electron chi connectivity index (χ1n) is 3.90. The van der Waals surface area contributed by atoms with Gasteiger partial charge in [0.25, 0.3) is 0 Å². The van der Waals surface area contributed by atoms with E-state index in [4.69, 9.17) is 5.11 Å². The molecule has 72 valence electrons. The van der Waals surface area contributed by atoms with Crippen LogP contribution in [0.5, 0.6) is 0 Å². The van der Waals surface area contributed by atoms with Gasteiger partial charge in [0, 0.05) is 25.4 Å². The molecule has 0 spiro atoms. The Kier molecular flexibility index (Phi) is 2.61. The number of aryl methyl sites for hydroxylation is 1. The van der Waals surface area contributed by atoms with Gasteiger partial charge in [-0.1, -0.05) is 0 Å². The molecule has 0 radical (unpaired) electrons. The van der Waals surface area contributed by atoms with Crippen LogP contribution in [0.1, 0.15) is 18.2 Å². The average Bonchev–Trinajstić information content (AvgIpc) is 2.70. The van der Waals surface area contributed by atoms with Crippen molar-refractivity contribution in [2.45, 2.75) is 12.3 Å². The summed E-state index contributed by atoms with van der Waals surface area (Å²) in [6, 6.07) is 0. The Bertz CT molecular complexity index is 324. The number of carbonyl (C=O) groups is 1. The Morgan fingerprint density at radius 2 is 2.46 bits per heavy atom. The van der Waals surface area contributed by atoms with Gasteiger partial charge in [0.2, 0.25) is 0 Å². The highest BCUT2D eigenvalue weighted by Crippen LogP contribution is 2.46. The van der Waals surface area contributed by atoms with Crippen molar-refractivity contribution in [3.05, 3.63) is 18.2 Å². The van der Waals surface area contributed by atoms with Crippen LogP contribution in [-0.4, -0.2) is 20.6 Å². The molecule has 1 aromatic heterocycles. The predicted molar refractivity (Wildman–Crippen MR) is 48.9 cm³/mol. The number of hydrogen-bond acceptors (Lipinski definition) is 2. The molecule has 5 heteroatoms. The second-order valence-corrected chi connectivity index (χ2v) is 3.18. The number of hydrogen-bond donors (Lipinski definition) is 1. The summed E-state index contributed by atoms with van der Waals surface area (Å²) < 4.78 is 1.88. The minimum atomic E-state index is -0.706. The van der Waals surface area contributed by atoms with Crippen LogP contribution < -0.4 is 0 Å². The van der Waals surface area contributed by atoms with Gasteiger partial charge in [-0.05, 0) is 6.42 Å². The number of nitrogens with zero attached hydrogens (tertiary/aromatic N) is 2. The van der Waals surface area contributed by atoms with Gasteiger partial charge in [-0.3, -0.25) is 4.79 Å². The highest BCUT2D eigenvalue weighted by Gasteiger charge is 2.46. The third-order valence-corrected chi connectivity index (χ3v) is 2.30. The highest BCUT2D eigenvalue weighted by atomic mass is 35.5. The van der Waals surface area contributed by atoms with Crippen LogP contribution in [0.25, 0.3) is 0 Å². The number of halogens is 1. The van der Waals surface area contributed by atoms with Crippen molar-refractivity contribution < 1.29 is 9.90 Å². The third-order valence-electron chi connectivity index (χ3n) is 2.30. The summed E-state index contributed by atoms with van der Waals surface area (Å²) in [5.41, 5.74) is 0. The first kappa shape index (κ1) is 10.1. The van der Waals surface area contributed by atoms with Gasteiger partial charge >= 0.3 is 5.97 Å². The quantitative estimate of drug-likeness (QED) is 0.780. The van der Waals surface area contributed by atoms with Gasteiger partial charge in [0.15, 0.2) is 0 Å². The number of carboxylic acid groups (broad SMARTS) is 1. The van der Waals surface area contributed by atoms with E-state index in [1.165, 1.54) is 0 Å². The highest BCUT2D eigenvalue weighted by molar-refractivity contribution is 5.85. The van der Waals surface area contributed by atoms with E-state index < -0.39 is 5.97 Å². The largest absolute Gasteiger partial charge is 0.481 e. The van der Waals surface area contributed by atoms with Crippen molar-refractivity contribution in [1.82, 2.24) is 9.55 Å². The fraction of sp³-hybridized carbons (Fsp3) is 0.500. The van der Waals surface area contributed by atoms with Crippen molar-refractivity contribution in [3.63, 3.8) is 0 Å². The summed E-state index contributed by atoms with van der Waals surface area (Å²) in [6.45, 7) is 0. The van der Waals surface area contributed by atoms with Crippen molar-refractivity contribution in [3.8, 4) is 0 Å². The Morgan fingerprint density at radius 3 is 2.85 bits per heavy atom. The molecule has 4 nitrogen and oxygen atoms in total. The molecule has 0 unspecified atom stereocenters. The van der Waals surface area contributed by atoms with Crippen LogP contribution in [0.15, 0.2) is 12.4 Å².